The molecule has 0 saturated heterocycles. The Morgan fingerprint density at radius 3 is 2.12 bits per heavy atom. The minimum Gasteiger partial charge on any atom is -0.420 e. The van der Waals surface area contributed by atoms with Crippen LogP contribution in [0.1, 0.15) is 26.3 Å². The number of carbonyl (C=O) groups is 1. The first kappa shape index (κ1) is 18.4. The van der Waals surface area contributed by atoms with Gasteiger partial charge in [0.2, 0.25) is 17.4 Å². The van der Waals surface area contributed by atoms with Crippen molar-refractivity contribution in [3.05, 3.63) is 41.0 Å². The summed E-state index contributed by atoms with van der Waals surface area (Å²) >= 11 is 0. The summed E-state index contributed by atoms with van der Waals surface area (Å²) in [6.45, 7) is 4.70. The van der Waals surface area contributed by atoms with E-state index in [-0.39, 0.29) is 5.92 Å². The van der Waals surface area contributed by atoms with Crippen LogP contribution in [0.4, 0.5) is 17.6 Å². The van der Waals surface area contributed by atoms with E-state index in [1.165, 1.54) is 0 Å². The Kier molecular flexibility index (Phi) is 5.03. The molecule has 24 heavy (non-hydrogen) atoms. The van der Waals surface area contributed by atoms with Crippen LogP contribution in [0.3, 0.4) is 0 Å². The molecule has 0 heterocycles. The molecule has 1 saturated carbocycles. The highest BCUT2D eigenvalue weighted by Gasteiger charge is 2.61. The molecular weight excluding hydrogens is 328 g/mol. The van der Waals surface area contributed by atoms with Crippen LogP contribution < -0.4 is 4.74 Å². The largest absolute Gasteiger partial charge is 0.420 e. The Labute approximate surface area is 137 Å². The molecule has 1 aromatic rings. The lowest BCUT2D eigenvalue weighted by atomic mass is 10.1. The number of methoxy groups -OCH3 is 1. The van der Waals surface area contributed by atoms with Crippen LogP contribution in [0.5, 0.6) is 5.75 Å². The molecule has 0 aliphatic heterocycles. The molecule has 0 N–H and O–H groups in total. The van der Waals surface area contributed by atoms with Gasteiger partial charge in [-0.2, -0.15) is 8.78 Å². The maximum Gasteiger partial charge on any atom is 0.315 e. The Morgan fingerprint density at radius 1 is 1.12 bits per heavy atom. The van der Waals surface area contributed by atoms with Crippen LogP contribution in [-0.4, -0.2) is 13.1 Å². The number of hydrogen-bond acceptors (Lipinski definition) is 3. The smallest absolute Gasteiger partial charge is 0.315 e. The Morgan fingerprint density at radius 2 is 1.67 bits per heavy atom. The highest BCUT2D eigenvalue weighted by molar-refractivity contribution is 5.80. The topological polar surface area (TPSA) is 35.5 Å². The van der Waals surface area contributed by atoms with Crippen molar-refractivity contribution >= 4 is 5.97 Å². The molecule has 3 nitrogen and oxygen atoms in total. The normalized spacial score (nSPS) is 22.0. The molecule has 0 bridgehead atoms. The first-order valence-corrected chi connectivity index (χ1v) is 7.36. The van der Waals surface area contributed by atoms with E-state index in [0.717, 1.165) is 7.11 Å². The van der Waals surface area contributed by atoms with Crippen LogP contribution in [-0.2, 0) is 16.1 Å². The van der Waals surface area contributed by atoms with E-state index in [9.17, 15) is 22.4 Å². The van der Waals surface area contributed by atoms with Crippen LogP contribution >= 0.6 is 0 Å². The standard InChI is InChI=1S/C17H18F4O3/c1-5-6-9-10(17(9,2)3)16(22)24-15-13(20)11(18)8(7-23-4)12(19)14(15)21/h5-6,9-10H,7H2,1-4H3. The minimum atomic E-state index is -1.75. The molecule has 2 rings (SSSR count). The molecule has 1 aliphatic rings. The van der Waals surface area contributed by atoms with Gasteiger partial charge in [-0.05, 0) is 18.3 Å². The van der Waals surface area contributed by atoms with Gasteiger partial charge in [0.05, 0.1) is 18.1 Å². The van der Waals surface area contributed by atoms with Gasteiger partial charge in [-0.3, -0.25) is 4.79 Å². The zero-order chi connectivity index (χ0) is 18.2. The van der Waals surface area contributed by atoms with Gasteiger partial charge in [-0.1, -0.05) is 26.0 Å². The van der Waals surface area contributed by atoms with Crippen molar-refractivity contribution in [2.45, 2.75) is 27.4 Å². The second kappa shape index (κ2) is 6.55. The quantitative estimate of drug-likeness (QED) is 0.264. The Bertz CT molecular complexity index is 669. The molecule has 2 unspecified atom stereocenters. The van der Waals surface area contributed by atoms with Crippen molar-refractivity contribution in [3.8, 4) is 5.75 Å². The van der Waals surface area contributed by atoms with E-state index in [1.54, 1.807) is 32.9 Å². The SMILES string of the molecule is CC=CC1C(C(=O)Oc2c(F)c(F)c(COC)c(F)c2F)C1(C)C. The van der Waals surface area contributed by atoms with Gasteiger partial charge in [-0.25, -0.2) is 8.78 Å². The molecular formula is C17H18F4O3. The lowest BCUT2D eigenvalue weighted by molar-refractivity contribution is -0.137. The van der Waals surface area contributed by atoms with E-state index in [0.29, 0.717) is 0 Å². The number of esters is 1. The number of hydrogen-bond donors (Lipinski definition) is 0. The first-order chi connectivity index (χ1) is 11.2. The van der Waals surface area contributed by atoms with E-state index in [2.05, 4.69) is 9.47 Å². The fourth-order valence-corrected chi connectivity index (χ4v) is 2.88. The molecule has 1 aliphatic carbocycles. The summed E-state index contributed by atoms with van der Waals surface area (Å²) in [5.74, 6) is -9.89. The predicted molar refractivity (Wildman–Crippen MR) is 78.2 cm³/mol. The van der Waals surface area contributed by atoms with E-state index in [4.69, 9.17) is 0 Å². The van der Waals surface area contributed by atoms with Gasteiger partial charge < -0.3 is 9.47 Å². The summed E-state index contributed by atoms with van der Waals surface area (Å²) in [6.07, 6.45) is 3.53. The summed E-state index contributed by atoms with van der Waals surface area (Å²) in [4.78, 5) is 12.2. The van der Waals surface area contributed by atoms with Crippen molar-refractivity contribution in [3.63, 3.8) is 0 Å². The fourth-order valence-electron chi connectivity index (χ4n) is 2.88. The summed E-state index contributed by atoms with van der Waals surface area (Å²) in [6, 6.07) is 0. The summed E-state index contributed by atoms with van der Waals surface area (Å²) < 4.78 is 64.8. The minimum absolute atomic E-state index is 0.163. The van der Waals surface area contributed by atoms with Gasteiger partial charge in [0, 0.05) is 7.11 Å². The molecule has 2 atom stereocenters. The third kappa shape index (κ3) is 2.92. The van der Waals surface area contributed by atoms with Crippen LogP contribution in [0.25, 0.3) is 0 Å². The number of benzene rings is 1. The third-order valence-corrected chi connectivity index (χ3v) is 4.37. The second-order valence-electron chi connectivity index (χ2n) is 6.27. The third-order valence-electron chi connectivity index (χ3n) is 4.37. The highest BCUT2D eigenvalue weighted by Crippen LogP contribution is 2.59. The van der Waals surface area contributed by atoms with Crippen molar-refractivity contribution in [2.24, 2.45) is 17.3 Å². The van der Waals surface area contributed by atoms with Gasteiger partial charge in [-0.15, -0.1) is 0 Å². The first-order valence-electron chi connectivity index (χ1n) is 7.36. The molecule has 0 amide bonds. The van der Waals surface area contributed by atoms with Gasteiger partial charge in [0.15, 0.2) is 11.6 Å². The molecule has 132 valence electrons. The van der Waals surface area contributed by atoms with Gasteiger partial charge in [0.25, 0.3) is 0 Å². The van der Waals surface area contributed by atoms with Crippen LogP contribution in [0, 0.1) is 40.5 Å². The molecule has 1 fully saturated rings. The number of allylic oxidation sites excluding steroid dienone is 2. The summed E-state index contributed by atoms with van der Waals surface area (Å²) in [7, 11) is 1.12. The highest BCUT2D eigenvalue weighted by atomic mass is 19.2. The van der Waals surface area contributed by atoms with Crippen molar-refractivity contribution in [1.29, 1.82) is 0 Å². The monoisotopic (exact) mass is 346 g/mol. The lowest BCUT2D eigenvalue weighted by Crippen LogP contribution is -2.17. The number of ether oxygens (including phenoxy) is 2. The summed E-state index contributed by atoms with van der Waals surface area (Å²) in [5, 5.41) is 0. The maximum absolute atomic E-state index is 14.0. The Balaban J connectivity index is 2.33. The molecule has 0 aromatic heterocycles. The van der Waals surface area contributed by atoms with Gasteiger partial charge in [0.1, 0.15) is 0 Å². The van der Waals surface area contributed by atoms with E-state index < -0.39 is 58.5 Å². The molecule has 0 spiro atoms. The molecule has 1 aromatic carbocycles. The predicted octanol–water partition coefficient (Wildman–Crippen LogP) is 4.14. The zero-order valence-electron chi connectivity index (χ0n) is 13.8. The molecule has 0 radical (unpaired) electrons. The second-order valence-corrected chi connectivity index (χ2v) is 6.27. The zero-order valence-corrected chi connectivity index (χ0v) is 13.8. The average molecular weight is 346 g/mol. The average Bonchev–Trinajstić information content (AvgIpc) is 3.07. The summed E-state index contributed by atoms with van der Waals surface area (Å²) in [5.41, 5.74) is -1.35. The van der Waals surface area contributed by atoms with Crippen molar-refractivity contribution in [2.75, 3.05) is 7.11 Å². The Hall–Kier alpha value is -1.89. The van der Waals surface area contributed by atoms with Crippen LogP contribution in [0.2, 0.25) is 0 Å². The number of halogens is 4. The van der Waals surface area contributed by atoms with Crippen molar-refractivity contribution < 1.29 is 31.8 Å². The van der Waals surface area contributed by atoms with E-state index >= 15 is 0 Å². The van der Waals surface area contributed by atoms with Crippen molar-refractivity contribution in [1.82, 2.24) is 0 Å². The van der Waals surface area contributed by atoms with Crippen LogP contribution in [0.15, 0.2) is 12.2 Å². The molecule has 7 heteroatoms. The maximum atomic E-state index is 14.0. The number of carbonyl (C=O) groups excluding carboxylic acids is 1. The van der Waals surface area contributed by atoms with Gasteiger partial charge >= 0.3 is 5.97 Å². The lowest BCUT2D eigenvalue weighted by Gasteiger charge is -2.12. The number of rotatable bonds is 5. The van der Waals surface area contributed by atoms with E-state index in [1.807, 2.05) is 0 Å². The fraction of sp³-hybridized carbons (Fsp3) is 0.471.